The van der Waals surface area contributed by atoms with Gasteiger partial charge in [0, 0.05) is 23.9 Å². The van der Waals surface area contributed by atoms with Crippen LogP contribution in [-0.4, -0.2) is 24.3 Å². The standard InChI is InChI=1S/C15H17N3O4S/c1-10-12(4-7-22-10)15(21)18-17-13(19)3-2-6-16-14(20)11-5-8-23-9-11/h4-5,7-9H,2-3,6H2,1H3,(H,16,20)(H,17,19)(H,18,21). The predicted octanol–water partition coefficient (Wildman–Crippen LogP) is 1.62. The lowest BCUT2D eigenvalue weighted by atomic mass is 10.2. The minimum Gasteiger partial charge on any atom is -0.469 e. The van der Waals surface area contributed by atoms with Crippen LogP contribution >= 0.6 is 11.3 Å². The van der Waals surface area contributed by atoms with Crippen molar-refractivity contribution in [2.24, 2.45) is 0 Å². The molecule has 0 aliphatic heterocycles. The van der Waals surface area contributed by atoms with Crippen LogP contribution in [0.3, 0.4) is 0 Å². The Morgan fingerprint density at radius 3 is 2.65 bits per heavy atom. The van der Waals surface area contributed by atoms with Gasteiger partial charge in [0.05, 0.1) is 11.8 Å². The molecular formula is C15H17N3O4S. The summed E-state index contributed by atoms with van der Waals surface area (Å²) >= 11 is 1.45. The SMILES string of the molecule is Cc1occc1C(=O)NNC(=O)CCCNC(=O)c1ccsc1. The molecule has 0 unspecified atom stereocenters. The average molecular weight is 335 g/mol. The molecule has 0 aromatic carbocycles. The zero-order valence-corrected chi connectivity index (χ0v) is 13.4. The molecule has 7 nitrogen and oxygen atoms in total. The third-order valence-electron chi connectivity index (χ3n) is 3.07. The third kappa shape index (κ3) is 4.96. The van der Waals surface area contributed by atoms with Gasteiger partial charge in [0.25, 0.3) is 11.8 Å². The van der Waals surface area contributed by atoms with Crippen molar-refractivity contribution >= 4 is 29.1 Å². The molecule has 0 saturated heterocycles. The zero-order chi connectivity index (χ0) is 16.7. The van der Waals surface area contributed by atoms with Gasteiger partial charge in [-0.2, -0.15) is 11.3 Å². The molecule has 0 bridgehead atoms. The summed E-state index contributed by atoms with van der Waals surface area (Å²) in [5, 5.41) is 6.31. The largest absolute Gasteiger partial charge is 0.469 e. The fraction of sp³-hybridized carbons (Fsp3) is 0.267. The number of hydrogen-bond acceptors (Lipinski definition) is 5. The van der Waals surface area contributed by atoms with Crippen LogP contribution in [0.4, 0.5) is 0 Å². The van der Waals surface area contributed by atoms with Crippen LogP contribution in [-0.2, 0) is 4.79 Å². The summed E-state index contributed by atoms with van der Waals surface area (Å²) in [7, 11) is 0. The van der Waals surface area contributed by atoms with Gasteiger partial charge in [-0.1, -0.05) is 0 Å². The molecule has 23 heavy (non-hydrogen) atoms. The number of aryl methyl sites for hydroxylation is 1. The highest BCUT2D eigenvalue weighted by Crippen LogP contribution is 2.07. The fourth-order valence-electron chi connectivity index (χ4n) is 1.82. The summed E-state index contributed by atoms with van der Waals surface area (Å²) < 4.78 is 5.01. The van der Waals surface area contributed by atoms with Crippen molar-refractivity contribution in [2.75, 3.05) is 6.54 Å². The Morgan fingerprint density at radius 2 is 2.00 bits per heavy atom. The van der Waals surface area contributed by atoms with Crippen molar-refractivity contribution in [2.45, 2.75) is 19.8 Å². The summed E-state index contributed by atoms with van der Waals surface area (Å²) in [4.78, 5) is 35.0. The molecule has 8 heteroatoms. The minimum atomic E-state index is -0.435. The Balaban J connectivity index is 1.61. The molecule has 2 rings (SSSR count). The molecule has 2 aromatic heterocycles. The highest BCUT2D eigenvalue weighted by atomic mass is 32.1. The van der Waals surface area contributed by atoms with Gasteiger partial charge in [0.1, 0.15) is 5.76 Å². The quantitative estimate of drug-likeness (QED) is 0.551. The van der Waals surface area contributed by atoms with E-state index in [1.165, 1.54) is 23.7 Å². The van der Waals surface area contributed by atoms with Crippen molar-refractivity contribution in [3.05, 3.63) is 46.0 Å². The van der Waals surface area contributed by atoms with E-state index in [1.807, 2.05) is 5.38 Å². The van der Waals surface area contributed by atoms with E-state index in [1.54, 1.807) is 18.4 Å². The van der Waals surface area contributed by atoms with E-state index < -0.39 is 5.91 Å². The van der Waals surface area contributed by atoms with Crippen LogP contribution in [0.2, 0.25) is 0 Å². The molecule has 122 valence electrons. The van der Waals surface area contributed by atoms with Gasteiger partial charge in [-0.3, -0.25) is 25.2 Å². The molecular weight excluding hydrogens is 318 g/mol. The van der Waals surface area contributed by atoms with Crippen LogP contribution in [0.5, 0.6) is 0 Å². The maximum absolute atomic E-state index is 11.7. The fourth-order valence-corrected chi connectivity index (χ4v) is 2.46. The first kappa shape index (κ1) is 16.8. The summed E-state index contributed by atoms with van der Waals surface area (Å²) in [6.45, 7) is 2.05. The number of hydrogen-bond donors (Lipinski definition) is 3. The molecule has 0 spiro atoms. The van der Waals surface area contributed by atoms with E-state index in [2.05, 4.69) is 16.2 Å². The van der Waals surface area contributed by atoms with Crippen LogP contribution < -0.4 is 16.2 Å². The topological polar surface area (TPSA) is 100 Å². The number of furan rings is 1. The Labute approximate surface area is 137 Å². The highest BCUT2D eigenvalue weighted by molar-refractivity contribution is 7.08. The number of carbonyl (C=O) groups excluding carboxylic acids is 3. The highest BCUT2D eigenvalue weighted by Gasteiger charge is 2.12. The maximum atomic E-state index is 11.7. The molecule has 0 radical (unpaired) electrons. The minimum absolute atomic E-state index is 0.157. The molecule has 0 fully saturated rings. The third-order valence-corrected chi connectivity index (χ3v) is 3.75. The Hall–Kier alpha value is -2.61. The van der Waals surface area contributed by atoms with Crippen LogP contribution in [0, 0.1) is 6.92 Å². The molecule has 2 heterocycles. The second-order valence-electron chi connectivity index (χ2n) is 4.76. The van der Waals surface area contributed by atoms with Crippen molar-refractivity contribution in [3.8, 4) is 0 Å². The van der Waals surface area contributed by atoms with E-state index in [0.717, 1.165) is 0 Å². The van der Waals surface area contributed by atoms with E-state index in [-0.39, 0.29) is 18.2 Å². The molecule has 0 aliphatic carbocycles. The monoisotopic (exact) mass is 335 g/mol. The van der Waals surface area contributed by atoms with E-state index in [9.17, 15) is 14.4 Å². The van der Waals surface area contributed by atoms with Gasteiger partial charge in [-0.15, -0.1) is 0 Å². The van der Waals surface area contributed by atoms with Gasteiger partial charge in [-0.25, -0.2) is 0 Å². The number of rotatable bonds is 6. The normalized spacial score (nSPS) is 10.1. The molecule has 0 saturated carbocycles. The van der Waals surface area contributed by atoms with Crippen molar-refractivity contribution in [1.29, 1.82) is 0 Å². The molecule has 3 amide bonds. The predicted molar refractivity (Wildman–Crippen MR) is 84.9 cm³/mol. The van der Waals surface area contributed by atoms with Gasteiger partial charge < -0.3 is 9.73 Å². The Morgan fingerprint density at radius 1 is 1.17 bits per heavy atom. The molecule has 3 N–H and O–H groups in total. The van der Waals surface area contributed by atoms with Crippen LogP contribution in [0.25, 0.3) is 0 Å². The summed E-state index contributed by atoms with van der Waals surface area (Å²) in [5.41, 5.74) is 5.62. The van der Waals surface area contributed by atoms with E-state index in [4.69, 9.17) is 4.42 Å². The summed E-state index contributed by atoms with van der Waals surface area (Å²) in [6, 6.07) is 3.26. The number of carbonyl (C=O) groups is 3. The van der Waals surface area contributed by atoms with E-state index in [0.29, 0.717) is 29.9 Å². The first-order valence-electron chi connectivity index (χ1n) is 7.01. The average Bonchev–Trinajstić information content (AvgIpc) is 3.20. The summed E-state index contributed by atoms with van der Waals surface area (Å²) in [5.74, 6) is -0.442. The Bertz CT molecular complexity index is 679. The lowest BCUT2D eigenvalue weighted by Gasteiger charge is -2.07. The van der Waals surface area contributed by atoms with Crippen molar-refractivity contribution < 1.29 is 18.8 Å². The van der Waals surface area contributed by atoms with E-state index >= 15 is 0 Å². The second-order valence-corrected chi connectivity index (χ2v) is 5.54. The zero-order valence-electron chi connectivity index (χ0n) is 12.5. The smallest absolute Gasteiger partial charge is 0.273 e. The maximum Gasteiger partial charge on any atom is 0.273 e. The number of nitrogens with one attached hydrogen (secondary N) is 3. The number of hydrazine groups is 1. The van der Waals surface area contributed by atoms with Gasteiger partial charge >= 0.3 is 0 Å². The lowest BCUT2D eigenvalue weighted by Crippen LogP contribution is -2.41. The summed E-state index contributed by atoms with van der Waals surface area (Å²) in [6.07, 6.45) is 2.07. The lowest BCUT2D eigenvalue weighted by molar-refractivity contribution is -0.121. The Kier molecular flexibility index (Phi) is 5.93. The van der Waals surface area contributed by atoms with Gasteiger partial charge in [-0.05, 0) is 30.9 Å². The molecule has 0 atom stereocenters. The van der Waals surface area contributed by atoms with Crippen molar-refractivity contribution in [3.63, 3.8) is 0 Å². The van der Waals surface area contributed by atoms with Crippen LogP contribution in [0.15, 0.2) is 33.6 Å². The number of thiophene rings is 1. The first-order valence-corrected chi connectivity index (χ1v) is 7.96. The first-order chi connectivity index (χ1) is 11.1. The van der Waals surface area contributed by atoms with Crippen LogP contribution in [0.1, 0.15) is 39.3 Å². The molecule has 2 aromatic rings. The van der Waals surface area contributed by atoms with Gasteiger partial charge in [0.15, 0.2) is 0 Å². The molecule has 0 aliphatic rings. The van der Waals surface area contributed by atoms with Crippen molar-refractivity contribution in [1.82, 2.24) is 16.2 Å². The second kappa shape index (κ2) is 8.14. The number of amides is 3. The van der Waals surface area contributed by atoms with Gasteiger partial charge in [0.2, 0.25) is 5.91 Å².